The van der Waals surface area contributed by atoms with E-state index in [4.69, 9.17) is 10.5 Å². The van der Waals surface area contributed by atoms with Crippen molar-refractivity contribution in [3.63, 3.8) is 0 Å². The standard InChI is InChI=1S/C14H20N2O/c1-17-12-5-3-2-4-11(12)14-13(15)10-6-8-16(14)9-7-10/h2-5,10,13-14H,6-9,15H2,1H3. The molecule has 3 aliphatic heterocycles. The van der Waals surface area contributed by atoms with Gasteiger partial charge in [-0.1, -0.05) is 18.2 Å². The molecular weight excluding hydrogens is 212 g/mol. The van der Waals surface area contributed by atoms with Crippen LogP contribution in [-0.2, 0) is 0 Å². The van der Waals surface area contributed by atoms with Crippen LogP contribution in [0.1, 0.15) is 24.4 Å². The number of fused-ring (bicyclic) bond motifs is 3. The van der Waals surface area contributed by atoms with Crippen LogP contribution in [0.3, 0.4) is 0 Å². The molecule has 3 aliphatic rings. The highest BCUT2D eigenvalue weighted by Crippen LogP contribution is 2.42. The van der Waals surface area contributed by atoms with Gasteiger partial charge in [-0.3, -0.25) is 4.90 Å². The zero-order valence-electron chi connectivity index (χ0n) is 10.3. The van der Waals surface area contributed by atoms with E-state index >= 15 is 0 Å². The van der Waals surface area contributed by atoms with Gasteiger partial charge in [-0.25, -0.2) is 0 Å². The van der Waals surface area contributed by atoms with Gasteiger partial charge in [0.05, 0.1) is 13.2 Å². The molecule has 17 heavy (non-hydrogen) atoms. The first-order valence-electron chi connectivity index (χ1n) is 6.44. The predicted molar refractivity (Wildman–Crippen MR) is 68.0 cm³/mol. The number of piperidine rings is 3. The summed E-state index contributed by atoms with van der Waals surface area (Å²) in [5.41, 5.74) is 7.68. The molecule has 3 fully saturated rings. The summed E-state index contributed by atoms with van der Waals surface area (Å²) in [6.07, 6.45) is 2.51. The lowest BCUT2D eigenvalue weighted by molar-refractivity contribution is 0.0264. The van der Waals surface area contributed by atoms with Gasteiger partial charge in [-0.2, -0.15) is 0 Å². The van der Waals surface area contributed by atoms with E-state index in [0.29, 0.717) is 12.0 Å². The highest BCUT2D eigenvalue weighted by atomic mass is 16.5. The quantitative estimate of drug-likeness (QED) is 0.845. The largest absolute Gasteiger partial charge is 0.496 e. The van der Waals surface area contributed by atoms with Crippen LogP contribution in [0.4, 0.5) is 0 Å². The summed E-state index contributed by atoms with van der Waals surface area (Å²) in [6, 6.07) is 8.89. The van der Waals surface area contributed by atoms with Crippen molar-refractivity contribution in [1.29, 1.82) is 0 Å². The number of methoxy groups -OCH3 is 1. The van der Waals surface area contributed by atoms with Crippen LogP contribution >= 0.6 is 0 Å². The maximum atomic E-state index is 6.42. The number of ether oxygens (including phenoxy) is 1. The first kappa shape index (κ1) is 11.1. The third-order valence-electron chi connectivity index (χ3n) is 4.33. The third-order valence-corrected chi connectivity index (χ3v) is 4.33. The van der Waals surface area contributed by atoms with Gasteiger partial charge in [0.2, 0.25) is 0 Å². The maximum Gasteiger partial charge on any atom is 0.123 e. The Morgan fingerprint density at radius 1 is 1.24 bits per heavy atom. The molecule has 3 heterocycles. The maximum absolute atomic E-state index is 6.42. The number of para-hydroxylation sites is 1. The summed E-state index contributed by atoms with van der Waals surface area (Å²) in [7, 11) is 1.74. The smallest absolute Gasteiger partial charge is 0.123 e. The van der Waals surface area contributed by atoms with Crippen LogP contribution in [0.15, 0.2) is 24.3 Å². The van der Waals surface area contributed by atoms with E-state index in [2.05, 4.69) is 17.0 Å². The van der Waals surface area contributed by atoms with Crippen molar-refractivity contribution in [2.75, 3.05) is 20.2 Å². The molecule has 4 rings (SSSR count). The van der Waals surface area contributed by atoms with Gasteiger partial charge in [-0.15, -0.1) is 0 Å². The van der Waals surface area contributed by atoms with E-state index in [9.17, 15) is 0 Å². The minimum absolute atomic E-state index is 0.258. The number of rotatable bonds is 2. The zero-order valence-corrected chi connectivity index (χ0v) is 10.3. The molecule has 0 aromatic heterocycles. The fourth-order valence-corrected chi connectivity index (χ4v) is 3.40. The van der Waals surface area contributed by atoms with Crippen LogP contribution in [0.5, 0.6) is 5.75 Å². The van der Waals surface area contributed by atoms with Crippen molar-refractivity contribution >= 4 is 0 Å². The second kappa shape index (κ2) is 4.31. The minimum Gasteiger partial charge on any atom is -0.496 e. The number of hydrogen-bond acceptors (Lipinski definition) is 3. The summed E-state index contributed by atoms with van der Waals surface area (Å²) in [5.74, 6) is 1.66. The molecule has 3 nitrogen and oxygen atoms in total. The molecule has 1 aromatic rings. The molecule has 2 atom stereocenters. The van der Waals surface area contributed by atoms with Crippen LogP contribution in [0.2, 0.25) is 0 Å². The van der Waals surface area contributed by atoms with Crippen LogP contribution in [0.25, 0.3) is 0 Å². The molecule has 0 amide bonds. The Hall–Kier alpha value is -1.06. The number of nitrogens with two attached hydrogens (primary N) is 1. The van der Waals surface area contributed by atoms with Gasteiger partial charge in [-0.05, 0) is 37.9 Å². The predicted octanol–water partition coefficient (Wildman–Crippen LogP) is 1.79. The first-order valence-corrected chi connectivity index (χ1v) is 6.44. The molecule has 2 unspecified atom stereocenters. The Morgan fingerprint density at radius 3 is 2.59 bits per heavy atom. The lowest BCUT2D eigenvalue weighted by Crippen LogP contribution is -2.56. The second-order valence-electron chi connectivity index (χ2n) is 5.14. The molecule has 3 heteroatoms. The Kier molecular flexibility index (Phi) is 2.81. The van der Waals surface area contributed by atoms with Gasteiger partial charge in [0.25, 0.3) is 0 Å². The fourth-order valence-electron chi connectivity index (χ4n) is 3.40. The Labute approximate surface area is 103 Å². The molecule has 92 valence electrons. The summed E-state index contributed by atoms with van der Waals surface area (Å²) >= 11 is 0. The number of nitrogens with zero attached hydrogens (tertiary/aromatic N) is 1. The lowest BCUT2D eigenvalue weighted by Gasteiger charge is -2.50. The third kappa shape index (κ3) is 1.74. The van der Waals surface area contributed by atoms with Gasteiger partial charge < -0.3 is 10.5 Å². The number of hydrogen-bond donors (Lipinski definition) is 1. The van der Waals surface area contributed by atoms with Gasteiger partial charge in [0.15, 0.2) is 0 Å². The van der Waals surface area contributed by atoms with E-state index < -0.39 is 0 Å². The number of benzene rings is 1. The summed E-state index contributed by atoms with van der Waals surface area (Å²) in [6.45, 7) is 2.36. The Morgan fingerprint density at radius 2 is 1.94 bits per heavy atom. The first-order chi connectivity index (χ1) is 8.31. The summed E-state index contributed by atoms with van der Waals surface area (Å²) < 4.78 is 5.47. The summed E-state index contributed by atoms with van der Waals surface area (Å²) in [4.78, 5) is 2.52. The van der Waals surface area contributed by atoms with Gasteiger partial charge in [0, 0.05) is 11.6 Å². The normalized spacial score (nSPS) is 35.9. The topological polar surface area (TPSA) is 38.5 Å². The molecule has 0 radical (unpaired) electrons. The van der Waals surface area contributed by atoms with Crippen LogP contribution in [-0.4, -0.2) is 31.1 Å². The van der Waals surface area contributed by atoms with Crippen molar-refractivity contribution in [3.05, 3.63) is 29.8 Å². The van der Waals surface area contributed by atoms with E-state index in [1.807, 2.05) is 12.1 Å². The van der Waals surface area contributed by atoms with Crippen LogP contribution < -0.4 is 10.5 Å². The van der Waals surface area contributed by atoms with Crippen molar-refractivity contribution in [1.82, 2.24) is 4.90 Å². The minimum atomic E-state index is 0.258. The molecule has 2 bridgehead atoms. The fraction of sp³-hybridized carbons (Fsp3) is 0.571. The molecule has 3 saturated heterocycles. The lowest BCUT2D eigenvalue weighted by atomic mass is 9.76. The average Bonchev–Trinajstić information content (AvgIpc) is 2.40. The summed E-state index contributed by atoms with van der Waals surface area (Å²) in [5, 5.41) is 0. The van der Waals surface area contributed by atoms with Crippen LogP contribution in [0, 0.1) is 5.92 Å². The Balaban J connectivity index is 1.97. The van der Waals surface area contributed by atoms with Gasteiger partial charge >= 0.3 is 0 Å². The van der Waals surface area contributed by atoms with Crippen molar-refractivity contribution in [2.24, 2.45) is 11.7 Å². The molecule has 1 aromatic carbocycles. The molecule has 0 saturated carbocycles. The van der Waals surface area contributed by atoms with Crippen molar-refractivity contribution < 1.29 is 4.74 Å². The van der Waals surface area contributed by atoms with E-state index in [0.717, 1.165) is 5.75 Å². The molecule has 0 spiro atoms. The molecular formula is C14H20N2O. The van der Waals surface area contributed by atoms with Crippen molar-refractivity contribution in [3.8, 4) is 5.75 Å². The molecule has 0 aliphatic carbocycles. The van der Waals surface area contributed by atoms with E-state index in [1.54, 1.807) is 7.11 Å². The Bertz CT molecular complexity index is 397. The zero-order chi connectivity index (χ0) is 11.8. The SMILES string of the molecule is COc1ccccc1C1C(N)C2CCN1CC2. The highest BCUT2D eigenvalue weighted by Gasteiger charge is 2.41. The second-order valence-corrected chi connectivity index (χ2v) is 5.14. The van der Waals surface area contributed by atoms with E-state index in [1.165, 1.54) is 31.5 Å². The average molecular weight is 232 g/mol. The molecule has 2 N–H and O–H groups in total. The monoisotopic (exact) mass is 232 g/mol. The van der Waals surface area contributed by atoms with Crippen molar-refractivity contribution in [2.45, 2.75) is 24.9 Å². The van der Waals surface area contributed by atoms with E-state index in [-0.39, 0.29) is 6.04 Å². The highest BCUT2D eigenvalue weighted by molar-refractivity contribution is 5.37. The van der Waals surface area contributed by atoms with Gasteiger partial charge in [0.1, 0.15) is 5.75 Å².